The molecule has 1 atom stereocenters. The molecule has 0 aromatic carbocycles. The molecule has 0 heterocycles. The molecule has 2 heteroatoms. The van der Waals surface area contributed by atoms with Crippen molar-refractivity contribution in [2.75, 3.05) is 0 Å². The molecule has 0 aliphatic rings. The fourth-order valence-corrected chi connectivity index (χ4v) is 4.17. The predicted octanol–water partition coefficient (Wildman–Crippen LogP) is 4.50. The van der Waals surface area contributed by atoms with E-state index in [1.807, 2.05) is 0 Å². The molecule has 0 aromatic heterocycles. The van der Waals surface area contributed by atoms with Crippen molar-refractivity contribution in [1.29, 1.82) is 0 Å². The maximum absolute atomic E-state index is 2.52. The van der Waals surface area contributed by atoms with Crippen molar-refractivity contribution in [3.05, 3.63) is 0 Å². The van der Waals surface area contributed by atoms with E-state index in [-0.39, 0.29) is 0 Å². The zero-order valence-corrected chi connectivity index (χ0v) is 12.6. The van der Waals surface area contributed by atoms with Crippen molar-refractivity contribution < 1.29 is 0 Å². The van der Waals surface area contributed by atoms with E-state index in [4.69, 9.17) is 0 Å². The van der Waals surface area contributed by atoms with E-state index in [9.17, 15) is 0 Å². The maximum atomic E-state index is 2.52. The van der Waals surface area contributed by atoms with Gasteiger partial charge in [0, 0.05) is 8.07 Å². The molecular weight excluding hydrogens is 183 g/mol. The highest BCUT2D eigenvalue weighted by Gasteiger charge is 2.41. The minimum atomic E-state index is -1.04. The van der Waals surface area contributed by atoms with Gasteiger partial charge in [0.05, 0.1) is 0 Å². The molecule has 0 saturated carbocycles. The first kappa shape index (κ1) is 14.3. The van der Waals surface area contributed by atoms with Crippen molar-refractivity contribution in [3.8, 4) is 0 Å². The molecule has 0 radical (unpaired) electrons. The summed E-state index contributed by atoms with van der Waals surface area (Å²) in [6.07, 6.45) is 2.64. The second-order valence-electron chi connectivity index (χ2n) is 6.86. The summed E-state index contributed by atoms with van der Waals surface area (Å²) in [5.74, 6) is 0. The molecule has 84 valence electrons. The molecule has 0 nitrogen and oxygen atoms in total. The SMILES string of the molecule is CCC(C)(C)BC(C)(CC)[Si](C)(C)C. The quantitative estimate of drug-likeness (QED) is 0.589. The van der Waals surface area contributed by atoms with Gasteiger partial charge in [0.15, 0.2) is 0 Å². The summed E-state index contributed by atoms with van der Waals surface area (Å²) in [5, 5.41) is 0.519. The minimum absolute atomic E-state index is 0.519. The number of rotatable bonds is 5. The Bertz CT molecular complexity index is 181. The lowest BCUT2D eigenvalue weighted by atomic mass is 9.45. The summed E-state index contributed by atoms with van der Waals surface area (Å²) < 4.78 is 0. The van der Waals surface area contributed by atoms with E-state index in [0.29, 0.717) is 10.3 Å². The van der Waals surface area contributed by atoms with E-state index in [1.54, 1.807) is 0 Å². The van der Waals surface area contributed by atoms with Gasteiger partial charge in [0.25, 0.3) is 0 Å². The van der Waals surface area contributed by atoms with Crippen LogP contribution < -0.4 is 0 Å². The summed E-state index contributed by atoms with van der Waals surface area (Å²) in [6, 6.07) is 0. The van der Waals surface area contributed by atoms with Crippen molar-refractivity contribution in [2.24, 2.45) is 0 Å². The third kappa shape index (κ3) is 3.45. The molecule has 0 rings (SSSR count). The van der Waals surface area contributed by atoms with E-state index in [2.05, 4.69) is 54.3 Å². The van der Waals surface area contributed by atoms with E-state index in [1.165, 1.54) is 20.1 Å². The van der Waals surface area contributed by atoms with Gasteiger partial charge in [-0.2, -0.15) is 0 Å². The minimum Gasteiger partial charge on any atom is -0.0697 e. The highest BCUT2D eigenvalue weighted by molar-refractivity contribution is 6.87. The van der Waals surface area contributed by atoms with Crippen LogP contribution in [0.1, 0.15) is 47.5 Å². The lowest BCUT2D eigenvalue weighted by Gasteiger charge is -2.44. The molecule has 0 N–H and O–H groups in total. The summed E-state index contributed by atoms with van der Waals surface area (Å²) in [7, 11) is 0.355. The van der Waals surface area contributed by atoms with Crippen molar-refractivity contribution in [2.45, 2.75) is 77.4 Å². The largest absolute Gasteiger partial charge is 0.131 e. The summed E-state index contributed by atoms with van der Waals surface area (Å²) in [6.45, 7) is 19.6. The zero-order valence-electron chi connectivity index (χ0n) is 11.6. The van der Waals surface area contributed by atoms with Crippen LogP contribution in [0.4, 0.5) is 0 Å². The number of hydrogen-bond donors (Lipinski definition) is 0. The number of hydrogen-bond acceptors (Lipinski definition) is 0. The molecule has 1 unspecified atom stereocenters. The second kappa shape index (κ2) is 4.42. The van der Waals surface area contributed by atoms with Crippen LogP contribution in [0.5, 0.6) is 0 Å². The van der Waals surface area contributed by atoms with Crippen LogP contribution in [0.15, 0.2) is 0 Å². The van der Waals surface area contributed by atoms with Crippen LogP contribution in [0.2, 0.25) is 29.9 Å². The first-order chi connectivity index (χ1) is 6.08. The molecule has 0 saturated heterocycles. The van der Waals surface area contributed by atoms with Crippen LogP contribution >= 0.6 is 0 Å². The average molecular weight is 212 g/mol. The predicted molar refractivity (Wildman–Crippen MR) is 73.5 cm³/mol. The Morgan fingerprint density at radius 1 is 0.929 bits per heavy atom. The highest BCUT2D eigenvalue weighted by Crippen LogP contribution is 2.46. The molecule has 0 bridgehead atoms. The van der Waals surface area contributed by atoms with Gasteiger partial charge in [-0.05, 0) is 0 Å². The topological polar surface area (TPSA) is 0 Å². The Hall–Kier alpha value is 0.282. The molecule has 0 aliphatic carbocycles. The zero-order chi connectivity index (χ0) is 11.6. The van der Waals surface area contributed by atoms with Gasteiger partial charge in [-0.1, -0.05) is 77.4 Å². The first-order valence-electron chi connectivity index (χ1n) is 6.08. The summed E-state index contributed by atoms with van der Waals surface area (Å²) in [5.41, 5.74) is 0. The third-order valence-corrected chi connectivity index (χ3v) is 8.57. The van der Waals surface area contributed by atoms with Crippen LogP contribution in [0, 0.1) is 0 Å². The van der Waals surface area contributed by atoms with Gasteiger partial charge in [0.2, 0.25) is 0 Å². The molecule has 0 fully saturated rings. The molecule has 0 amide bonds. The van der Waals surface area contributed by atoms with Gasteiger partial charge >= 0.3 is 0 Å². The van der Waals surface area contributed by atoms with Gasteiger partial charge in [0.1, 0.15) is 7.28 Å². The Labute approximate surface area is 93.1 Å². The third-order valence-electron chi connectivity index (χ3n) is 4.42. The highest BCUT2D eigenvalue weighted by atomic mass is 28.3. The second-order valence-corrected chi connectivity index (χ2v) is 12.6. The molecule has 0 aliphatic heterocycles. The van der Waals surface area contributed by atoms with E-state index in [0.717, 1.165) is 0 Å². The van der Waals surface area contributed by atoms with Crippen molar-refractivity contribution >= 4 is 15.4 Å². The van der Waals surface area contributed by atoms with Crippen LogP contribution in [-0.4, -0.2) is 15.4 Å². The Morgan fingerprint density at radius 2 is 1.36 bits per heavy atom. The molecule has 0 aromatic rings. The van der Waals surface area contributed by atoms with Gasteiger partial charge in [-0.3, -0.25) is 0 Å². The van der Waals surface area contributed by atoms with E-state index >= 15 is 0 Å². The summed E-state index contributed by atoms with van der Waals surface area (Å²) in [4.78, 5) is 0.604. The van der Waals surface area contributed by atoms with E-state index < -0.39 is 8.07 Å². The lowest BCUT2D eigenvalue weighted by Crippen LogP contribution is -2.44. The smallest absolute Gasteiger partial charge is 0.0697 e. The van der Waals surface area contributed by atoms with Gasteiger partial charge in [-0.25, -0.2) is 0 Å². The first-order valence-corrected chi connectivity index (χ1v) is 9.58. The van der Waals surface area contributed by atoms with Gasteiger partial charge < -0.3 is 0 Å². The van der Waals surface area contributed by atoms with Crippen molar-refractivity contribution in [3.63, 3.8) is 0 Å². The maximum Gasteiger partial charge on any atom is 0.131 e. The Kier molecular flexibility index (Phi) is 4.51. The lowest BCUT2D eigenvalue weighted by molar-refractivity contribution is 0.609. The van der Waals surface area contributed by atoms with Gasteiger partial charge in [-0.15, -0.1) is 0 Å². The van der Waals surface area contributed by atoms with Crippen LogP contribution in [0.3, 0.4) is 0 Å². The Morgan fingerprint density at radius 3 is 1.57 bits per heavy atom. The van der Waals surface area contributed by atoms with Crippen LogP contribution in [0.25, 0.3) is 0 Å². The average Bonchev–Trinajstić information content (AvgIpc) is 2.01. The van der Waals surface area contributed by atoms with Crippen molar-refractivity contribution in [1.82, 2.24) is 0 Å². The molecule has 14 heavy (non-hydrogen) atoms. The monoisotopic (exact) mass is 212 g/mol. The Balaban J connectivity index is 4.74. The van der Waals surface area contributed by atoms with Crippen LogP contribution in [-0.2, 0) is 0 Å². The molecular formula is C12H29BSi. The summed E-state index contributed by atoms with van der Waals surface area (Å²) >= 11 is 0. The molecule has 0 spiro atoms. The fourth-order valence-electron chi connectivity index (χ4n) is 2.10. The normalized spacial score (nSPS) is 17.7. The fraction of sp³-hybridized carbons (Fsp3) is 1.00. The standard InChI is InChI=1S/C12H29BSi/c1-9-11(3,4)13-12(5,10-2)14(6,7)8/h13H,9-10H2,1-8H3.